The Balaban J connectivity index is 2.03. The third-order valence-electron chi connectivity index (χ3n) is 3.78. The number of hydrogen-bond donors (Lipinski definition) is 2. The molecule has 1 aliphatic rings. The van der Waals surface area contributed by atoms with Gasteiger partial charge >= 0.3 is 6.09 Å². The van der Waals surface area contributed by atoms with Gasteiger partial charge in [0.2, 0.25) is 0 Å². The van der Waals surface area contributed by atoms with E-state index in [1.54, 1.807) is 39.0 Å². The van der Waals surface area contributed by atoms with E-state index in [4.69, 9.17) is 9.47 Å². The predicted octanol–water partition coefficient (Wildman–Crippen LogP) is 2.70. The number of ether oxygens (including phenoxy) is 2. The summed E-state index contributed by atoms with van der Waals surface area (Å²) in [5.41, 5.74) is 0.304. The maximum atomic E-state index is 12.6. The number of hydrogen-bond acceptors (Lipinski definition) is 5. The number of fused-ring (bicyclic) bond motifs is 1. The Kier molecular flexibility index (Phi) is 6.86. The molecule has 0 saturated heterocycles. The van der Waals surface area contributed by atoms with Gasteiger partial charge < -0.3 is 14.8 Å². The highest BCUT2D eigenvalue weighted by Crippen LogP contribution is 2.26. The zero-order valence-electron chi connectivity index (χ0n) is 16.5. The Bertz CT molecular complexity index is 727. The van der Waals surface area contributed by atoms with E-state index in [0.717, 1.165) is 17.7 Å². The lowest BCUT2D eigenvalue weighted by molar-refractivity contribution is -0.121. The van der Waals surface area contributed by atoms with Crippen molar-refractivity contribution < 1.29 is 23.3 Å². The van der Waals surface area contributed by atoms with Crippen LogP contribution in [0.5, 0.6) is 5.75 Å². The van der Waals surface area contributed by atoms with Crippen molar-refractivity contribution in [3.05, 3.63) is 23.8 Å². The number of rotatable bonds is 6. The molecular weight excluding hydrogens is 368 g/mol. The van der Waals surface area contributed by atoms with Gasteiger partial charge in [-0.25, -0.2) is 9.00 Å². The molecule has 1 unspecified atom stereocenters. The van der Waals surface area contributed by atoms with Gasteiger partial charge in [0.15, 0.2) is 11.0 Å². The number of nitrogens with one attached hydrogen (secondary N) is 2. The summed E-state index contributed by atoms with van der Waals surface area (Å²) >= 11 is 0. The van der Waals surface area contributed by atoms with Crippen LogP contribution in [0.1, 0.15) is 46.6 Å². The molecule has 1 aliphatic heterocycles. The lowest BCUT2D eigenvalue weighted by Gasteiger charge is -2.24. The molecule has 2 N–H and O–H groups in total. The normalized spacial score (nSPS) is 15.5. The summed E-state index contributed by atoms with van der Waals surface area (Å²) in [6.07, 6.45) is 0.480. The van der Waals surface area contributed by atoms with Crippen molar-refractivity contribution in [3.8, 4) is 5.75 Å². The second-order valence-corrected chi connectivity index (χ2v) is 9.14. The van der Waals surface area contributed by atoms with Crippen molar-refractivity contribution in [3.63, 3.8) is 0 Å². The van der Waals surface area contributed by atoms with E-state index in [9.17, 15) is 13.8 Å². The molecule has 2 atom stereocenters. The smallest absolute Gasteiger partial charge is 0.408 e. The monoisotopic (exact) mass is 396 g/mol. The minimum Gasteiger partial charge on any atom is -0.493 e. The average molecular weight is 397 g/mol. The van der Waals surface area contributed by atoms with Gasteiger partial charge in [-0.1, -0.05) is 13.8 Å². The highest BCUT2D eigenvalue weighted by atomic mass is 32.2. The lowest BCUT2D eigenvalue weighted by atomic mass is 10.0. The average Bonchev–Trinajstić information content (AvgIpc) is 2.99. The fourth-order valence-corrected chi connectivity index (χ4v) is 3.54. The highest BCUT2D eigenvalue weighted by Gasteiger charge is 2.26. The van der Waals surface area contributed by atoms with Crippen LogP contribution in [0.25, 0.3) is 0 Å². The molecule has 27 heavy (non-hydrogen) atoms. The van der Waals surface area contributed by atoms with Crippen LogP contribution in [0.3, 0.4) is 0 Å². The molecule has 0 aromatic heterocycles. The summed E-state index contributed by atoms with van der Waals surface area (Å²) in [6, 6.07) is 4.37. The zero-order valence-corrected chi connectivity index (χ0v) is 17.3. The number of benzene rings is 1. The van der Waals surface area contributed by atoms with Crippen molar-refractivity contribution >= 4 is 23.0 Å². The molecule has 0 aliphatic carbocycles. The van der Waals surface area contributed by atoms with Crippen LogP contribution in [0.4, 0.5) is 4.79 Å². The molecule has 2 amide bonds. The van der Waals surface area contributed by atoms with Crippen LogP contribution < -0.4 is 14.8 Å². The molecule has 0 fully saturated rings. The maximum Gasteiger partial charge on any atom is 0.408 e. The van der Waals surface area contributed by atoms with Crippen molar-refractivity contribution in [2.24, 2.45) is 5.92 Å². The summed E-state index contributed by atoms with van der Waals surface area (Å²) in [4.78, 5) is 25.1. The summed E-state index contributed by atoms with van der Waals surface area (Å²) in [6.45, 7) is 9.72. The molecule has 0 radical (unpaired) electrons. The zero-order chi connectivity index (χ0) is 20.2. The molecule has 1 heterocycles. The Labute approximate surface area is 162 Å². The molecule has 150 valence electrons. The number of amides is 2. The van der Waals surface area contributed by atoms with Crippen LogP contribution in [-0.2, 0) is 26.9 Å². The third kappa shape index (κ3) is 6.53. The van der Waals surface area contributed by atoms with E-state index in [1.807, 2.05) is 13.8 Å². The second kappa shape index (κ2) is 8.73. The Morgan fingerprint density at radius 2 is 2.00 bits per heavy atom. The minimum atomic E-state index is -1.72. The minimum absolute atomic E-state index is 0.154. The fourth-order valence-electron chi connectivity index (χ4n) is 2.65. The van der Waals surface area contributed by atoms with Gasteiger partial charge in [0.1, 0.15) is 17.4 Å². The van der Waals surface area contributed by atoms with Gasteiger partial charge in [-0.15, -0.1) is 0 Å². The molecule has 1 aromatic carbocycles. The Morgan fingerprint density at radius 1 is 1.30 bits per heavy atom. The molecule has 1 aromatic rings. The van der Waals surface area contributed by atoms with Gasteiger partial charge in [-0.3, -0.25) is 9.52 Å². The van der Waals surface area contributed by atoms with Crippen LogP contribution in [0, 0.1) is 5.92 Å². The van der Waals surface area contributed by atoms with Crippen LogP contribution in [0.2, 0.25) is 0 Å². The van der Waals surface area contributed by atoms with Gasteiger partial charge in [-0.2, -0.15) is 0 Å². The van der Waals surface area contributed by atoms with Gasteiger partial charge in [0.05, 0.1) is 11.5 Å². The summed E-state index contributed by atoms with van der Waals surface area (Å²) in [5, 5.41) is 2.58. The SMILES string of the molecule is CC(C)C[C@H](NC(=O)OC(C)(C)C)C(=O)NS(=O)c1ccc2c(c1)CCO2. The van der Waals surface area contributed by atoms with Gasteiger partial charge in [0, 0.05) is 6.42 Å². The summed E-state index contributed by atoms with van der Waals surface area (Å²) in [5.74, 6) is 0.428. The highest BCUT2D eigenvalue weighted by molar-refractivity contribution is 7.83. The maximum absolute atomic E-state index is 12.6. The van der Waals surface area contributed by atoms with Crippen LogP contribution >= 0.6 is 0 Å². The van der Waals surface area contributed by atoms with Gasteiger partial charge in [0.25, 0.3) is 5.91 Å². The molecular formula is C19H28N2O5S. The molecule has 2 rings (SSSR count). The fraction of sp³-hybridized carbons (Fsp3) is 0.579. The van der Waals surface area contributed by atoms with Crippen molar-refractivity contribution in [2.45, 2.75) is 64.0 Å². The van der Waals surface area contributed by atoms with Crippen molar-refractivity contribution in [1.82, 2.24) is 10.0 Å². The van der Waals surface area contributed by atoms with E-state index in [-0.39, 0.29) is 5.92 Å². The molecule has 7 nitrogen and oxygen atoms in total. The van der Waals surface area contributed by atoms with E-state index in [1.165, 1.54) is 0 Å². The van der Waals surface area contributed by atoms with Crippen LogP contribution in [-0.4, -0.2) is 34.5 Å². The molecule has 0 bridgehead atoms. The van der Waals surface area contributed by atoms with Gasteiger partial charge in [-0.05, 0) is 56.9 Å². The Morgan fingerprint density at radius 3 is 2.63 bits per heavy atom. The van der Waals surface area contributed by atoms with E-state index < -0.39 is 34.6 Å². The third-order valence-corrected chi connectivity index (χ3v) is 4.85. The van der Waals surface area contributed by atoms with Crippen molar-refractivity contribution in [2.75, 3.05) is 6.61 Å². The second-order valence-electron chi connectivity index (χ2n) is 7.93. The largest absolute Gasteiger partial charge is 0.493 e. The number of carbonyl (C=O) groups is 2. The lowest BCUT2D eigenvalue weighted by Crippen LogP contribution is -2.49. The molecule has 8 heteroatoms. The quantitative estimate of drug-likeness (QED) is 0.771. The first-order chi connectivity index (χ1) is 12.5. The first-order valence-corrected chi connectivity index (χ1v) is 10.2. The number of carbonyl (C=O) groups excluding carboxylic acids is 2. The molecule has 0 saturated carbocycles. The molecule has 0 spiro atoms. The topological polar surface area (TPSA) is 93.7 Å². The standard InChI is InChI=1S/C19H28N2O5S/c1-12(2)10-15(20-18(23)26-19(3,4)5)17(22)21-27(24)14-6-7-16-13(11-14)8-9-25-16/h6-7,11-12,15H,8-10H2,1-5H3,(H,20,23)(H,21,22)/t15-,27?/m0/s1. The van der Waals surface area contributed by atoms with Crippen molar-refractivity contribution in [1.29, 1.82) is 0 Å². The summed E-state index contributed by atoms with van der Waals surface area (Å²) in [7, 11) is -1.72. The first-order valence-electron chi connectivity index (χ1n) is 9.02. The van der Waals surface area contributed by atoms with E-state index in [0.29, 0.717) is 17.9 Å². The first kappa shape index (κ1) is 21.2. The summed E-state index contributed by atoms with van der Waals surface area (Å²) < 4.78 is 25.7. The van der Waals surface area contributed by atoms with E-state index >= 15 is 0 Å². The number of alkyl carbamates (subject to hydrolysis) is 1. The van der Waals surface area contributed by atoms with E-state index in [2.05, 4.69) is 10.0 Å². The van der Waals surface area contributed by atoms with Crippen LogP contribution in [0.15, 0.2) is 23.1 Å². The Hall–Kier alpha value is -2.09. The predicted molar refractivity (Wildman–Crippen MR) is 103 cm³/mol.